The van der Waals surface area contributed by atoms with Gasteiger partial charge in [0.15, 0.2) is 11.2 Å². The predicted octanol–water partition coefficient (Wildman–Crippen LogP) is 6.13. The lowest BCUT2D eigenvalue weighted by Gasteiger charge is -2.24. The normalized spacial score (nSPS) is 13.1. The third-order valence-electron chi connectivity index (χ3n) is 4.06. The van der Waals surface area contributed by atoms with Gasteiger partial charge in [-0.3, -0.25) is 0 Å². The van der Waals surface area contributed by atoms with Crippen molar-refractivity contribution in [3.63, 3.8) is 0 Å². The van der Waals surface area contributed by atoms with E-state index < -0.39 is 18.2 Å². The summed E-state index contributed by atoms with van der Waals surface area (Å²) >= 11 is 3.04. The van der Waals surface area contributed by atoms with Gasteiger partial charge in [-0.1, -0.05) is 19.9 Å². The zero-order chi connectivity index (χ0) is 21.2. The summed E-state index contributed by atoms with van der Waals surface area (Å²) in [5, 5.41) is 6.74. The fraction of sp³-hybridized carbons (Fsp3) is 0.421. The Morgan fingerprint density at radius 3 is 2.48 bits per heavy atom. The molecule has 1 unspecified atom stereocenters. The molecule has 156 valence electrons. The van der Waals surface area contributed by atoms with E-state index in [0.717, 1.165) is 21.3 Å². The highest BCUT2D eigenvalue weighted by atomic mass is 32.1. The molecule has 3 heterocycles. The van der Waals surface area contributed by atoms with Gasteiger partial charge < -0.3 is 10.1 Å². The molecule has 0 aromatic carbocycles. The molecule has 3 aromatic heterocycles. The maximum Gasteiger partial charge on any atom is 0.414 e. The molecule has 3 rings (SSSR count). The number of hydrogen-bond donors (Lipinski definition) is 1. The monoisotopic (exact) mass is 442 g/mol. The maximum absolute atomic E-state index is 13.0. The first-order valence-corrected chi connectivity index (χ1v) is 10.6. The van der Waals surface area contributed by atoms with Gasteiger partial charge in [0.05, 0.1) is 27.9 Å². The Bertz CT molecular complexity index is 951. The second-order valence-corrected chi connectivity index (χ2v) is 8.94. The molecule has 5 nitrogen and oxygen atoms in total. The van der Waals surface area contributed by atoms with Gasteiger partial charge in [0, 0.05) is 11.6 Å². The van der Waals surface area contributed by atoms with Crippen LogP contribution in [-0.2, 0) is 11.3 Å². The van der Waals surface area contributed by atoms with Crippen LogP contribution in [0.4, 0.5) is 24.1 Å². The molecule has 0 radical (unpaired) electrons. The van der Waals surface area contributed by atoms with Crippen molar-refractivity contribution in [2.75, 3.05) is 5.32 Å². The number of nitrogens with zero attached hydrogens (tertiary/aromatic N) is 3. The van der Waals surface area contributed by atoms with Gasteiger partial charge in [-0.15, -0.1) is 22.7 Å². The fourth-order valence-electron chi connectivity index (χ4n) is 2.75. The molecule has 1 N–H and O–H groups in total. The largest absolute Gasteiger partial charge is 0.414 e. The number of rotatable bonds is 7. The molecular weight excluding hydrogens is 421 g/mol. The highest BCUT2D eigenvalue weighted by Gasteiger charge is 2.42. The zero-order valence-electron chi connectivity index (χ0n) is 16.4. The van der Waals surface area contributed by atoms with Gasteiger partial charge in [-0.05, 0) is 31.4 Å². The molecular formula is C19H21F3N4OS2. The van der Waals surface area contributed by atoms with Crippen molar-refractivity contribution in [1.82, 2.24) is 15.0 Å². The van der Waals surface area contributed by atoms with Crippen LogP contribution in [0.3, 0.4) is 0 Å². The van der Waals surface area contributed by atoms with Crippen molar-refractivity contribution in [1.29, 1.82) is 0 Å². The highest BCUT2D eigenvalue weighted by molar-refractivity contribution is 7.16. The molecule has 0 amide bonds. The number of thiazole rings is 2. The number of pyridine rings is 1. The number of ether oxygens (including phenoxy) is 1. The molecule has 3 aromatic rings. The summed E-state index contributed by atoms with van der Waals surface area (Å²) in [7, 11) is 0. The van der Waals surface area contributed by atoms with E-state index >= 15 is 0 Å². The van der Waals surface area contributed by atoms with E-state index in [1.165, 1.54) is 31.4 Å². The lowest BCUT2D eigenvalue weighted by atomic mass is 10.1. The van der Waals surface area contributed by atoms with Crippen molar-refractivity contribution >= 4 is 33.6 Å². The van der Waals surface area contributed by atoms with Crippen LogP contribution in [0.25, 0.3) is 10.6 Å². The lowest BCUT2D eigenvalue weighted by Crippen LogP contribution is -2.36. The fourth-order valence-corrected chi connectivity index (χ4v) is 4.41. The minimum Gasteiger partial charge on any atom is -0.364 e. The van der Waals surface area contributed by atoms with Crippen molar-refractivity contribution in [3.8, 4) is 10.6 Å². The van der Waals surface area contributed by atoms with Crippen molar-refractivity contribution < 1.29 is 17.9 Å². The van der Waals surface area contributed by atoms with E-state index in [4.69, 9.17) is 4.74 Å². The topological polar surface area (TPSA) is 59.9 Å². The second kappa shape index (κ2) is 8.76. The predicted molar refractivity (Wildman–Crippen MR) is 110 cm³/mol. The molecule has 0 saturated heterocycles. The Hall–Kier alpha value is -2.04. The minimum absolute atomic E-state index is 0.152. The van der Waals surface area contributed by atoms with E-state index in [9.17, 15) is 13.2 Å². The Labute approximate surface area is 175 Å². The summed E-state index contributed by atoms with van der Waals surface area (Å²) in [5.74, 6) is -0.0999. The van der Waals surface area contributed by atoms with E-state index in [-0.39, 0.29) is 6.61 Å². The third-order valence-corrected chi connectivity index (χ3v) is 5.91. The summed E-state index contributed by atoms with van der Waals surface area (Å²) in [6, 6.07) is 3.38. The van der Waals surface area contributed by atoms with Crippen molar-refractivity contribution in [3.05, 3.63) is 40.0 Å². The minimum atomic E-state index is -4.39. The number of hydrogen-bond acceptors (Lipinski definition) is 7. The summed E-state index contributed by atoms with van der Waals surface area (Å²) in [6.45, 7) is 6.73. The Morgan fingerprint density at radius 2 is 1.93 bits per heavy atom. The summed E-state index contributed by atoms with van der Waals surface area (Å²) < 4.78 is 44.0. The van der Waals surface area contributed by atoms with Crippen LogP contribution in [0.5, 0.6) is 0 Å². The van der Waals surface area contributed by atoms with Crippen molar-refractivity contribution in [2.45, 2.75) is 46.6 Å². The highest BCUT2D eigenvalue weighted by Crippen LogP contribution is 2.33. The second-order valence-electron chi connectivity index (χ2n) is 6.88. The number of anilines is 2. The van der Waals surface area contributed by atoms with Gasteiger partial charge >= 0.3 is 6.18 Å². The smallest absolute Gasteiger partial charge is 0.364 e. The van der Waals surface area contributed by atoms with Gasteiger partial charge in [-0.25, -0.2) is 15.0 Å². The maximum atomic E-state index is 13.0. The number of alkyl halides is 3. The van der Waals surface area contributed by atoms with Gasteiger partial charge in [-0.2, -0.15) is 13.2 Å². The quantitative estimate of drug-likeness (QED) is 0.477. The SMILES string of the molecule is Cc1nc(C)c(-c2csc(Nc3ccc(COC(C(C)C)C(F)(F)F)cn3)n2)s1. The molecule has 0 aliphatic heterocycles. The third kappa shape index (κ3) is 5.52. The molecule has 0 saturated carbocycles. The van der Waals surface area contributed by atoms with Crippen LogP contribution in [-0.4, -0.2) is 27.2 Å². The average Bonchev–Trinajstić information content (AvgIpc) is 3.20. The zero-order valence-corrected chi connectivity index (χ0v) is 18.0. The van der Waals surface area contributed by atoms with Gasteiger partial charge in [0.2, 0.25) is 0 Å². The molecule has 0 fully saturated rings. The molecule has 0 aliphatic rings. The molecule has 0 bridgehead atoms. The average molecular weight is 443 g/mol. The Morgan fingerprint density at radius 1 is 1.17 bits per heavy atom. The molecule has 0 aliphatic carbocycles. The van der Waals surface area contributed by atoms with Crippen molar-refractivity contribution in [2.24, 2.45) is 5.92 Å². The molecule has 10 heteroatoms. The van der Waals surface area contributed by atoms with Crippen LogP contribution in [0.15, 0.2) is 23.7 Å². The first kappa shape index (κ1) is 21.7. The number of halogens is 3. The summed E-state index contributed by atoms with van der Waals surface area (Å²) in [5.41, 5.74) is 2.38. The van der Waals surface area contributed by atoms with E-state index in [0.29, 0.717) is 16.5 Å². The first-order chi connectivity index (χ1) is 13.6. The van der Waals surface area contributed by atoms with Crippen LogP contribution < -0.4 is 5.32 Å². The van der Waals surface area contributed by atoms with Gasteiger partial charge in [0.25, 0.3) is 0 Å². The Kier molecular flexibility index (Phi) is 6.55. The standard InChI is InChI=1S/C19H21F3N4OS2/c1-10(2)17(19(20,21)22)27-8-13-5-6-15(23-7-13)26-18-25-14(9-28-18)16-11(3)24-12(4)29-16/h5-7,9-10,17H,8H2,1-4H3,(H,23,25,26). The molecule has 29 heavy (non-hydrogen) atoms. The number of aryl methyl sites for hydroxylation is 2. The van der Waals surface area contributed by atoms with E-state index in [1.807, 2.05) is 19.2 Å². The van der Waals surface area contributed by atoms with Crippen LogP contribution >= 0.6 is 22.7 Å². The first-order valence-electron chi connectivity index (χ1n) is 8.93. The van der Waals surface area contributed by atoms with Crippen LogP contribution in [0, 0.1) is 19.8 Å². The Balaban J connectivity index is 1.62. The van der Waals surface area contributed by atoms with Gasteiger partial charge in [0.1, 0.15) is 5.82 Å². The van der Waals surface area contributed by atoms with E-state index in [2.05, 4.69) is 20.3 Å². The number of aromatic nitrogens is 3. The number of nitrogens with one attached hydrogen (secondary N) is 1. The molecule has 1 atom stereocenters. The lowest BCUT2D eigenvalue weighted by molar-refractivity contribution is -0.236. The van der Waals surface area contributed by atoms with E-state index in [1.54, 1.807) is 23.5 Å². The van der Waals surface area contributed by atoms with Crippen LogP contribution in [0.1, 0.15) is 30.1 Å². The summed E-state index contributed by atoms with van der Waals surface area (Å²) in [4.78, 5) is 14.3. The summed E-state index contributed by atoms with van der Waals surface area (Å²) in [6.07, 6.45) is -4.69. The molecule has 0 spiro atoms. The van der Waals surface area contributed by atoms with Crippen LogP contribution in [0.2, 0.25) is 0 Å².